The van der Waals surface area contributed by atoms with E-state index in [1.165, 1.54) is 0 Å². The lowest BCUT2D eigenvalue weighted by molar-refractivity contribution is -0.130. The average Bonchev–Trinajstić information content (AvgIpc) is 2.09. The van der Waals surface area contributed by atoms with Crippen LogP contribution in [0.4, 0.5) is 0 Å². The Hall–Kier alpha value is -0.570. The molecule has 2 N–H and O–H groups in total. The number of amides is 1. The van der Waals surface area contributed by atoms with Gasteiger partial charge in [0.05, 0.1) is 0 Å². The van der Waals surface area contributed by atoms with Crippen molar-refractivity contribution in [3.63, 3.8) is 0 Å². The molecule has 1 aliphatic rings. The highest BCUT2D eigenvalue weighted by Gasteiger charge is 2.31. The van der Waals surface area contributed by atoms with Crippen LogP contribution in [0, 0.1) is 17.8 Å². The van der Waals surface area contributed by atoms with Gasteiger partial charge in [-0.3, -0.25) is 4.79 Å². The van der Waals surface area contributed by atoms with Crippen LogP contribution in [-0.4, -0.2) is 24.2 Å². The highest BCUT2D eigenvalue weighted by Crippen LogP contribution is 2.26. The molecule has 2 unspecified atom stereocenters. The van der Waals surface area contributed by atoms with Gasteiger partial charge in [-0.2, -0.15) is 0 Å². The van der Waals surface area contributed by atoms with Gasteiger partial charge in [0.25, 0.3) is 0 Å². The topological polar surface area (TPSA) is 49.3 Å². The minimum absolute atomic E-state index is 0.0266. The molecule has 3 nitrogen and oxygen atoms in total. The Morgan fingerprint density at radius 3 is 2.77 bits per heavy atom. The maximum absolute atomic E-state index is 11.5. The zero-order valence-electron chi connectivity index (χ0n) is 8.42. The normalized spacial score (nSPS) is 25.8. The van der Waals surface area contributed by atoms with E-state index in [0.29, 0.717) is 5.92 Å². The van der Waals surface area contributed by atoms with E-state index in [4.69, 9.17) is 0 Å². The summed E-state index contributed by atoms with van der Waals surface area (Å²) in [7, 11) is 0. The van der Waals surface area contributed by atoms with Crippen molar-refractivity contribution in [3.05, 3.63) is 0 Å². The van der Waals surface area contributed by atoms with E-state index in [2.05, 4.69) is 19.2 Å². The van der Waals surface area contributed by atoms with Crippen molar-refractivity contribution in [2.45, 2.75) is 26.7 Å². The lowest BCUT2D eigenvalue weighted by Crippen LogP contribution is -2.42. The molecule has 0 bridgehead atoms. The molecule has 3 heteroatoms. The summed E-state index contributed by atoms with van der Waals surface area (Å²) >= 11 is 0. The molecule has 0 aliphatic carbocycles. The molecule has 0 aromatic carbocycles. The number of aliphatic hydroxyl groups is 1. The van der Waals surface area contributed by atoms with E-state index in [1.54, 1.807) is 0 Å². The van der Waals surface area contributed by atoms with Crippen LogP contribution in [0.5, 0.6) is 0 Å². The van der Waals surface area contributed by atoms with Gasteiger partial charge >= 0.3 is 0 Å². The summed E-state index contributed by atoms with van der Waals surface area (Å²) in [6, 6.07) is 0. The van der Waals surface area contributed by atoms with Gasteiger partial charge in [0.2, 0.25) is 5.91 Å². The second kappa shape index (κ2) is 4.61. The first-order valence-corrected chi connectivity index (χ1v) is 5.05. The summed E-state index contributed by atoms with van der Waals surface area (Å²) in [5, 5.41) is 12.0. The van der Waals surface area contributed by atoms with Crippen LogP contribution in [-0.2, 0) is 4.79 Å². The fourth-order valence-electron chi connectivity index (χ4n) is 2.01. The Bertz CT molecular complexity index is 180. The van der Waals surface area contributed by atoms with Crippen LogP contribution in [0.15, 0.2) is 0 Å². The zero-order chi connectivity index (χ0) is 9.84. The first kappa shape index (κ1) is 10.5. The third-order valence-corrected chi connectivity index (χ3v) is 2.91. The number of aliphatic hydroxyl groups excluding tert-OH is 1. The Kier molecular flexibility index (Phi) is 3.72. The highest BCUT2D eigenvalue weighted by molar-refractivity contribution is 5.79. The quantitative estimate of drug-likeness (QED) is 0.682. The van der Waals surface area contributed by atoms with Crippen molar-refractivity contribution in [2.24, 2.45) is 17.8 Å². The van der Waals surface area contributed by atoms with E-state index in [9.17, 15) is 9.90 Å². The maximum Gasteiger partial charge on any atom is 0.223 e. The molecule has 1 aliphatic heterocycles. The van der Waals surface area contributed by atoms with Crippen molar-refractivity contribution in [2.75, 3.05) is 13.2 Å². The second-order valence-electron chi connectivity index (χ2n) is 4.13. The van der Waals surface area contributed by atoms with Gasteiger partial charge < -0.3 is 10.4 Å². The summed E-state index contributed by atoms with van der Waals surface area (Å²) in [6.45, 7) is 5.03. The third-order valence-electron chi connectivity index (χ3n) is 2.91. The lowest BCUT2D eigenvalue weighted by Gasteiger charge is -2.30. The molecule has 76 valence electrons. The maximum atomic E-state index is 11.5. The molecule has 0 radical (unpaired) electrons. The predicted molar refractivity (Wildman–Crippen MR) is 51.1 cm³/mol. The minimum Gasteiger partial charge on any atom is -0.396 e. The molecular weight excluding hydrogens is 166 g/mol. The Labute approximate surface area is 79.5 Å². The zero-order valence-corrected chi connectivity index (χ0v) is 8.42. The van der Waals surface area contributed by atoms with Crippen molar-refractivity contribution >= 4 is 5.91 Å². The first-order valence-electron chi connectivity index (χ1n) is 5.05. The van der Waals surface area contributed by atoms with Gasteiger partial charge in [-0.15, -0.1) is 0 Å². The molecule has 2 atom stereocenters. The SMILES string of the molecule is CC(C)C(CO)C1CCCNC1=O. The molecule has 0 aromatic rings. The molecule has 0 spiro atoms. The number of hydrogen-bond donors (Lipinski definition) is 2. The summed E-state index contributed by atoms with van der Waals surface area (Å²) in [4.78, 5) is 11.5. The molecule has 0 aromatic heterocycles. The number of carbonyl (C=O) groups is 1. The van der Waals surface area contributed by atoms with Crippen LogP contribution in [0.3, 0.4) is 0 Å². The molecule has 1 fully saturated rings. The van der Waals surface area contributed by atoms with Crippen LogP contribution in [0.1, 0.15) is 26.7 Å². The molecule has 13 heavy (non-hydrogen) atoms. The van der Waals surface area contributed by atoms with Crippen molar-refractivity contribution in [1.29, 1.82) is 0 Å². The van der Waals surface area contributed by atoms with E-state index in [1.807, 2.05) is 0 Å². The molecule has 0 saturated carbocycles. The highest BCUT2D eigenvalue weighted by atomic mass is 16.3. The van der Waals surface area contributed by atoms with Crippen LogP contribution >= 0.6 is 0 Å². The summed E-state index contributed by atoms with van der Waals surface area (Å²) in [5.74, 6) is 0.650. The third kappa shape index (κ3) is 2.44. The minimum atomic E-state index is 0.0266. The molecule has 1 rings (SSSR count). The molecule has 1 heterocycles. The average molecular weight is 185 g/mol. The van der Waals surface area contributed by atoms with Crippen molar-refractivity contribution in [1.82, 2.24) is 5.32 Å². The number of piperidine rings is 1. The number of rotatable bonds is 3. The standard InChI is InChI=1S/C10H19NO2/c1-7(2)9(6-12)8-4-3-5-11-10(8)13/h7-9,12H,3-6H2,1-2H3,(H,11,13). The Balaban J connectivity index is 2.60. The van der Waals surface area contributed by atoms with Crippen molar-refractivity contribution < 1.29 is 9.90 Å². The van der Waals surface area contributed by atoms with E-state index in [0.717, 1.165) is 19.4 Å². The van der Waals surface area contributed by atoms with Gasteiger partial charge in [-0.25, -0.2) is 0 Å². The number of hydrogen-bond acceptors (Lipinski definition) is 2. The van der Waals surface area contributed by atoms with E-state index < -0.39 is 0 Å². The van der Waals surface area contributed by atoms with Crippen LogP contribution in [0.25, 0.3) is 0 Å². The predicted octanol–water partition coefficient (Wildman–Crippen LogP) is 0.777. The van der Waals surface area contributed by atoms with Gasteiger partial charge in [0.15, 0.2) is 0 Å². The summed E-state index contributed by atoms with van der Waals surface area (Å²) < 4.78 is 0. The van der Waals surface area contributed by atoms with E-state index >= 15 is 0 Å². The molecule has 1 saturated heterocycles. The largest absolute Gasteiger partial charge is 0.396 e. The van der Waals surface area contributed by atoms with Crippen molar-refractivity contribution in [3.8, 4) is 0 Å². The smallest absolute Gasteiger partial charge is 0.223 e. The van der Waals surface area contributed by atoms with E-state index in [-0.39, 0.29) is 24.3 Å². The van der Waals surface area contributed by atoms with Gasteiger partial charge in [-0.1, -0.05) is 13.8 Å². The molecular formula is C10H19NO2. The Morgan fingerprint density at radius 1 is 1.62 bits per heavy atom. The number of carbonyl (C=O) groups excluding carboxylic acids is 1. The van der Waals surface area contributed by atoms with Gasteiger partial charge in [-0.05, 0) is 24.7 Å². The summed E-state index contributed by atoms with van der Waals surface area (Å²) in [6.07, 6.45) is 1.97. The fraction of sp³-hybridized carbons (Fsp3) is 0.900. The lowest BCUT2D eigenvalue weighted by atomic mass is 9.79. The second-order valence-corrected chi connectivity index (χ2v) is 4.13. The fourth-order valence-corrected chi connectivity index (χ4v) is 2.01. The van der Waals surface area contributed by atoms with Crippen LogP contribution < -0.4 is 5.32 Å². The van der Waals surface area contributed by atoms with Gasteiger partial charge in [0, 0.05) is 19.1 Å². The Morgan fingerprint density at radius 2 is 2.31 bits per heavy atom. The van der Waals surface area contributed by atoms with Gasteiger partial charge in [0.1, 0.15) is 0 Å². The monoisotopic (exact) mass is 185 g/mol. The summed E-state index contributed by atoms with van der Waals surface area (Å²) in [5.41, 5.74) is 0. The first-order chi connectivity index (χ1) is 6.16. The molecule has 1 amide bonds. The van der Waals surface area contributed by atoms with Crippen LogP contribution in [0.2, 0.25) is 0 Å². The number of nitrogens with one attached hydrogen (secondary N) is 1.